The second-order valence-electron chi connectivity index (χ2n) is 1.86. The highest BCUT2D eigenvalue weighted by atomic mass is 32.2. The lowest BCUT2D eigenvalue weighted by molar-refractivity contribution is 0.598. The first-order valence-corrected chi connectivity index (χ1v) is 4.39. The number of rotatable bonds is 2. The first-order valence-electron chi connectivity index (χ1n) is 3.07. The average Bonchev–Trinajstić information content (AvgIpc) is 2.05. The predicted octanol–water partition coefficient (Wildman–Crippen LogP) is 1.63. The van der Waals surface area contributed by atoms with Crippen LogP contribution in [0.15, 0.2) is 35.2 Å². The molecule has 0 amide bonds. The van der Waals surface area contributed by atoms with Gasteiger partial charge < -0.3 is 4.55 Å². The second kappa shape index (κ2) is 3.64. The lowest BCUT2D eigenvalue weighted by atomic mass is 10.4. The standard InChI is InChI=1S/C8H9OS/c1-2-10(9)8-6-4-3-5-7-8/h3-7H,1-2H2. The Bertz CT molecular complexity index is 186. The summed E-state index contributed by atoms with van der Waals surface area (Å²) in [5.74, 6) is 0.448. The van der Waals surface area contributed by atoms with Crippen LogP contribution in [0.3, 0.4) is 0 Å². The van der Waals surface area contributed by atoms with Gasteiger partial charge in [0.1, 0.15) is 5.75 Å². The Kier molecular flexibility index (Phi) is 2.78. The highest BCUT2D eigenvalue weighted by molar-refractivity contribution is 7.91. The zero-order chi connectivity index (χ0) is 7.40. The van der Waals surface area contributed by atoms with Crippen molar-refractivity contribution >= 4 is 11.2 Å². The minimum Gasteiger partial charge on any atom is -0.611 e. The third kappa shape index (κ3) is 1.75. The topological polar surface area (TPSA) is 23.1 Å². The van der Waals surface area contributed by atoms with Crippen molar-refractivity contribution in [2.24, 2.45) is 0 Å². The zero-order valence-corrected chi connectivity index (χ0v) is 6.43. The molecule has 1 aromatic carbocycles. The van der Waals surface area contributed by atoms with E-state index in [1.807, 2.05) is 30.3 Å². The molecule has 0 N–H and O–H groups in total. The summed E-state index contributed by atoms with van der Waals surface area (Å²) in [5.41, 5.74) is 0. The summed E-state index contributed by atoms with van der Waals surface area (Å²) in [6.07, 6.45) is 0. The van der Waals surface area contributed by atoms with E-state index in [0.29, 0.717) is 5.75 Å². The molecule has 0 aliphatic heterocycles. The van der Waals surface area contributed by atoms with Gasteiger partial charge >= 0.3 is 0 Å². The van der Waals surface area contributed by atoms with E-state index in [2.05, 4.69) is 6.92 Å². The van der Waals surface area contributed by atoms with Crippen LogP contribution in [-0.4, -0.2) is 10.3 Å². The van der Waals surface area contributed by atoms with Gasteiger partial charge in [0.15, 0.2) is 4.90 Å². The molecule has 1 radical (unpaired) electrons. The Morgan fingerprint density at radius 2 is 1.90 bits per heavy atom. The smallest absolute Gasteiger partial charge is 0.152 e. The molecule has 0 saturated carbocycles. The molecule has 1 atom stereocenters. The van der Waals surface area contributed by atoms with Gasteiger partial charge in [-0.25, -0.2) is 0 Å². The maximum atomic E-state index is 11.1. The highest BCUT2D eigenvalue weighted by Gasteiger charge is 2.04. The van der Waals surface area contributed by atoms with E-state index in [1.165, 1.54) is 0 Å². The molecule has 53 valence electrons. The van der Waals surface area contributed by atoms with Gasteiger partial charge in [-0.2, -0.15) is 0 Å². The van der Waals surface area contributed by atoms with Crippen LogP contribution in [0.4, 0.5) is 0 Å². The van der Waals surface area contributed by atoms with Crippen LogP contribution in [-0.2, 0) is 11.2 Å². The van der Waals surface area contributed by atoms with Crippen molar-refractivity contribution < 1.29 is 4.55 Å². The van der Waals surface area contributed by atoms with E-state index in [-0.39, 0.29) is 0 Å². The summed E-state index contributed by atoms with van der Waals surface area (Å²) in [5, 5.41) is 0. The van der Waals surface area contributed by atoms with Crippen molar-refractivity contribution in [3.05, 3.63) is 37.3 Å². The van der Waals surface area contributed by atoms with Gasteiger partial charge in [0.2, 0.25) is 0 Å². The zero-order valence-electron chi connectivity index (χ0n) is 5.62. The quantitative estimate of drug-likeness (QED) is 0.592. The average molecular weight is 153 g/mol. The van der Waals surface area contributed by atoms with Crippen molar-refractivity contribution in [3.8, 4) is 0 Å². The fraction of sp³-hybridized carbons (Fsp3) is 0.125. The molecule has 1 rings (SSSR count). The normalized spacial score (nSPS) is 13.0. The van der Waals surface area contributed by atoms with Gasteiger partial charge in [-0.1, -0.05) is 18.2 Å². The van der Waals surface area contributed by atoms with E-state index in [9.17, 15) is 4.55 Å². The van der Waals surface area contributed by atoms with Crippen LogP contribution < -0.4 is 0 Å². The number of hydrogen-bond donors (Lipinski definition) is 0. The van der Waals surface area contributed by atoms with Crippen LogP contribution in [0.1, 0.15) is 0 Å². The van der Waals surface area contributed by atoms with Crippen molar-refractivity contribution in [2.45, 2.75) is 4.90 Å². The van der Waals surface area contributed by atoms with E-state index in [4.69, 9.17) is 0 Å². The maximum absolute atomic E-state index is 11.1. The third-order valence-corrected chi connectivity index (χ3v) is 2.36. The molecular formula is C8H9OS. The van der Waals surface area contributed by atoms with Gasteiger partial charge in [0.05, 0.1) is 0 Å². The Hall–Kier alpha value is -0.470. The summed E-state index contributed by atoms with van der Waals surface area (Å²) in [6.45, 7) is 3.56. The van der Waals surface area contributed by atoms with E-state index >= 15 is 0 Å². The second-order valence-corrected chi connectivity index (χ2v) is 3.43. The largest absolute Gasteiger partial charge is 0.611 e. The first-order chi connectivity index (χ1) is 4.84. The van der Waals surface area contributed by atoms with Gasteiger partial charge in [0.25, 0.3) is 0 Å². The molecule has 0 aliphatic rings. The molecule has 1 unspecified atom stereocenters. The molecule has 1 aromatic rings. The first kappa shape index (κ1) is 7.63. The van der Waals surface area contributed by atoms with Crippen LogP contribution in [0.5, 0.6) is 0 Å². The van der Waals surface area contributed by atoms with Gasteiger partial charge in [0, 0.05) is 0 Å². The highest BCUT2D eigenvalue weighted by Crippen LogP contribution is 2.08. The maximum Gasteiger partial charge on any atom is 0.152 e. The van der Waals surface area contributed by atoms with Gasteiger partial charge in [-0.05, 0) is 30.2 Å². The number of benzene rings is 1. The summed E-state index contributed by atoms with van der Waals surface area (Å²) >= 11 is -0.901. The van der Waals surface area contributed by atoms with Crippen LogP contribution >= 0.6 is 0 Å². The lowest BCUT2D eigenvalue weighted by Crippen LogP contribution is -2.02. The molecule has 0 fully saturated rings. The van der Waals surface area contributed by atoms with Crippen LogP contribution in [0.25, 0.3) is 0 Å². The van der Waals surface area contributed by atoms with Crippen LogP contribution in [0, 0.1) is 6.92 Å². The Balaban J connectivity index is 2.75. The molecule has 0 spiro atoms. The van der Waals surface area contributed by atoms with E-state index in [1.54, 1.807) is 0 Å². The Morgan fingerprint density at radius 3 is 2.40 bits per heavy atom. The van der Waals surface area contributed by atoms with Crippen molar-refractivity contribution in [1.82, 2.24) is 0 Å². The van der Waals surface area contributed by atoms with Crippen molar-refractivity contribution in [3.63, 3.8) is 0 Å². The van der Waals surface area contributed by atoms with E-state index < -0.39 is 11.2 Å². The molecule has 0 saturated heterocycles. The van der Waals surface area contributed by atoms with E-state index in [0.717, 1.165) is 4.90 Å². The Morgan fingerprint density at radius 1 is 1.30 bits per heavy atom. The lowest BCUT2D eigenvalue weighted by Gasteiger charge is -2.05. The third-order valence-electron chi connectivity index (χ3n) is 1.19. The summed E-state index contributed by atoms with van der Waals surface area (Å²) < 4.78 is 11.1. The summed E-state index contributed by atoms with van der Waals surface area (Å²) in [4.78, 5) is 0.859. The number of hydrogen-bond acceptors (Lipinski definition) is 1. The van der Waals surface area contributed by atoms with Crippen LogP contribution in [0.2, 0.25) is 0 Å². The molecule has 0 aromatic heterocycles. The van der Waals surface area contributed by atoms with Gasteiger partial charge in [-0.15, -0.1) is 0 Å². The Labute approximate surface area is 64.3 Å². The molecule has 1 nitrogen and oxygen atoms in total. The molecular weight excluding hydrogens is 144 g/mol. The fourth-order valence-electron chi connectivity index (χ4n) is 0.690. The minimum atomic E-state index is -0.901. The monoisotopic (exact) mass is 153 g/mol. The van der Waals surface area contributed by atoms with Crippen molar-refractivity contribution in [2.75, 3.05) is 5.75 Å². The molecule has 2 heteroatoms. The fourth-order valence-corrected chi connectivity index (χ4v) is 1.39. The molecule has 10 heavy (non-hydrogen) atoms. The molecule has 0 aliphatic carbocycles. The molecule has 0 heterocycles. The van der Waals surface area contributed by atoms with Gasteiger partial charge in [-0.3, -0.25) is 0 Å². The van der Waals surface area contributed by atoms with Crippen molar-refractivity contribution in [1.29, 1.82) is 0 Å². The summed E-state index contributed by atoms with van der Waals surface area (Å²) in [7, 11) is 0. The predicted molar refractivity (Wildman–Crippen MR) is 43.1 cm³/mol. The SMILES string of the molecule is [CH2]C[S+]([O-])c1ccccc1. The molecule has 0 bridgehead atoms. The minimum absolute atomic E-state index is 0.448. The summed E-state index contributed by atoms with van der Waals surface area (Å²) in [6, 6.07) is 9.36.